The monoisotopic (exact) mass is 194 g/mol. The van der Waals surface area contributed by atoms with Gasteiger partial charge in [0.15, 0.2) is 5.78 Å². The van der Waals surface area contributed by atoms with Gasteiger partial charge in [-0.05, 0) is 19.8 Å². The van der Waals surface area contributed by atoms with Gasteiger partial charge in [0, 0.05) is 5.57 Å². The molecule has 0 amide bonds. The molecule has 3 heteroatoms. The van der Waals surface area contributed by atoms with Crippen LogP contribution in [0.4, 0.5) is 0 Å². The fourth-order valence-corrected chi connectivity index (χ4v) is 1.43. The molecule has 2 unspecified atom stereocenters. The van der Waals surface area contributed by atoms with Gasteiger partial charge < -0.3 is 5.11 Å². The number of carboxylic acid groups (broad SMARTS) is 1. The minimum Gasteiger partial charge on any atom is -0.481 e. The number of Topliss-reactive ketones (excluding diaryl/α,β-unsaturated/α-hetero) is 1. The number of carbonyl (C=O) groups is 2. The first-order valence-corrected chi connectivity index (χ1v) is 4.53. The van der Waals surface area contributed by atoms with E-state index in [0.29, 0.717) is 5.57 Å². The largest absolute Gasteiger partial charge is 0.481 e. The highest BCUT2D eigenvalue weighted by molar-refractivity contribution is 5.97. The predicted molar refractivity (Wildman–Crippen MR) is 52.8 cm³/mol. The topological polar surface area (TPSA) is 54.4 Å². The van der Waals surface area contributed by atoms with Crippen molar-refractivity contribution in [2.24, 2.45) is 11.3 Å². The van der Waals surface area contributed by atoms with E-state index >= 15 is 0 Å². The summed E-state index contributed by atoms with van der Waals surface area (Å²) in [5.41, 5.74) is -0.483. The molecule has 0 bridgehead atoms. The number of carboxylic acids is 1. The Morgan fingerprint density at radius 2 is 2.07 bits per heavy atom. The maximum Gasteiger partial charge on any atom is 0.313 e. The molecule has 1 aliphatic rings. The molecule has 0 radical (unpaired) electrons. The Labute approximate surface area is 83.1 Å². The zero-order chi connectivity index (χ0) is 10.9. The Kier molecular flexibility index (Phi) is 2.60. The van der Waals surface area contributed by atoms with E-state index in [1.165, 1.54) is 6.92 Å². The lowest BCUT2D eigenvalue weighted by atomic mass is 9.73. The second-order valence-corrected chi connectivity index (χ2v) is 3.89. The van der Waals surface area contributed by atoms with Gasteiger partial charge in [0.1, 0.15) is 0 Å². The molecule has 3 nitrogen and oxygen atoms in total. The number of rotatable bonds is 2. The molecular formula is C11H14O3. The number of ketones is 1. The first-order valence-electron chi connectivity index (χ1n) is 4.53. The summed E-state index contributed by atoms with van der Waals surface area (Å²) in [5.74, 6) is -1.09. The minimum absolute atomic E-state index is 0.0944. The van der Waals surface area contributed by atoms with Gasteiger partial charge in [0.05, 0.1) is 5.41 Å². The Bertz CT molecular complexity index is 338. The molecule has 0 fully saturated rings. The molecule has 1 rings (SSSR count). The molecule has 0 spiro atoms. The molecule has 2 atom stereocenters. The molecule has 0 saturated heterocycles. The summed E-state index contributed by atoms with van der Waals surface area (Å²) in [7, 11) is 0. The highest BCUT2D eigenvalue weighted by Gasteiger charge is 2.38. The van der Waals surface area contributed by atoms with Crippen molar-refractivity contribution in [2.45, 2.75) is 20.8 Å². The second-order valence-electron chi connectivity index (χ2n) is 3.89. The molecule has 1 N–H and O–H groups in total. The molecule has 14 heavy (non-hydrogen) atoms. The molecule has 0 aromatic carbocycles. The molecular weight excluding hydrogens is 180 g/mol. The van der Waals surface area contributed by atoms with Gasteiger partial charge in [-0.1, -0.05) is 25.2 Å². The Morgan fingerprint density at radius 1 is 1.50 bits per heavy atom. The van der Waals surface area contributed by atoms with Crippen molar-refractivity contribution < 1.29 is 14.7 Å². The third-order valence-electron chi connectivity index (χ3n) is 2.83. The van der Waals surface area contributed by atoms with Crippen molar-refractivity contribution in [1.82, 2.24) is 0 Å². The van der Waals surface area contributed by atoms with Gasteiger partial charge in [-0.3, -0.25) is 9.59 Å². The van der Waals surface area contributed by atoms with Crippen LogP contribution in [-0.4, -0.2) is 16.9 Å². The third-order valence-corrected chi connectivity index (χ3v) is 2.83. The lowest BCUT2D eigenvalue weighted by Crippen LogP contribution is -2.33. The SMILES string of the molecule is CC(=O)C1=CC(C)(C(=O)O)C(C)C=C1. The van der Waals surface area contributed by atoms with E-state index in [4.69, 9.17) is 5.11 Å². The van der Waals surface area contributed by atoms with Crippen LogP contribution < -0.4 is 0 Å². The van der Waals surface area contributed by atoms with Crippen LogP contribution in [0.2, 0.25) is 0 Å². The Hall–Kier alpha value is -1.38. The predicted octanol–water partition coefficient (Wildman–Crippen LogP) is 1.80. The molecule has 0 aromatic rings. The first-order chi connectivity index (χ1) is 6.38. The van der Waals surface area contributed by atoms with E-state index in [1.54, 1.807) is 25.2 Å². The summed E-state index contributed by atoms with van der Waals surface area (Å²) in [6, 6.07) is 0. The standard InChI is InChI=1S/C11H14O3/c1-7-4-5-9(8(2)12)6-11(7,3)10(13)14/h4-7H,1-3H3,(H,13,14). The highest BCUT2D eigenvalue weighted by atomic mass is 16.4. The van der Waals surface area contributed by atoms with Crippen molar-refractivity contribution in [3.63, 3.8) is 0 Å². The number of hydrogen-bond acceptors (Lipinski definition) is 2. The summed E-state index contributed by atoms with van der Waals surface area (Å²) < 4.78 is 0. The zero-order valence-electron chi connectivity index (χ0n) is 8.57. The van der Waals surface area contributed by atoms with Crippen molar-refractivity contribution >= 4 is 11.8 Å². The fourth-order valence-electron chi connectivity index (χ4n) is 1.43. The minimum atomic E-state index is -0.963. The number of aliphatic carboxylic acids is 1. The maximum absolute atomic E-state index is 11.1. The van der Waals surface area contributed by atoms with Gasteiger partial charge in [0.2, 0.25) is 0 Å². The quantitative estimate of drug-likeness (QED) is 0.729. The van der Waals surface area contributed by atoms with Crippen LogP contribution in [0.25, 0.3) is 0 Å². The van der Waals surface area contributed by atoms with E-state index in [2.05, 4.69) is 0 Å². The number of carbonyl (C=O) groups excluding carboxylic acids is 1. The smallest absolute Gasteiger partial charge is 0.313 e. The van der Waals surface area contributed by atoms with Crippen molar-refractivity contribution in [2.75, 3.05) is 0 Å². The Morgan fingerprint density at radius 3 is 2.50 bits per heavy atom. The van der Waals surface area contributed by atoms with Gasteiger partial charge in [-0.2, -0.15) is 0 Å². The van der Waals surface area contributed by atoms with Gasteiger partial charge >= 0.3 is 5.97 Å². The van der Waals surface area contributed by atoms with E-state index in [1.807, 2.05) is 6.92 Å². The first kappa shape index (κ1) is 10.7. The normalized spacial score (nSPS) is 31.1. The number of hydrogen-bond donors (Lipinski definition) is 1. The highest BCUT2D eigenvalue weighted by Crippen LogP contribution is 2.35. The van der Waals surface area contributed by atoms with Crippen LogP contribution in [0.3, 0.4) is 0 Å². The lowest BCUT2D eigenvalue weighted by Gasteiger charge is -2.29. The summed E-state index contributed by atoms with van der Waals surface area (Å²) in [4.78, 5) is 22.2. The average Bonchev–Trinajstić information content (AvgIpc) is 2.09. The van der Waals surface area contributed by atoms with Crippen molar-refractivity contribution in [3.8, 4) is 0 Å². The van der Waals surface area contributed by atoms with Crippen LogP contribution in [0.1, 0.15) is 20.8 Å². The second kappa shape index (κ2) is 3.40. The maximum atomic E-state index is 11.1. The lowest BCUT2D eigenvalue weighted by molar-refractivity contribution is -0.146. The van der Waals surface area contributed by atoms with Crippen molar-refractivity contribution in [3.05, 3.63) is 23.8 Å². The van der Waals surface area contributed by atoms with Crippen LogP contribution in [0, 0.1) is 11.3 Å². The third kappa shape index (κ3) is 1.62. The molecule has 0 heterocycles. The van der Waals surface area contributed by atoms with Crippen LogP contribution in [0.5, 0.6) is 0 Å². The van der Waals surface area contributed by atoms with Crippen molar-refractivity contribution in [1.29, 1.82) is 0 Å². The van der Waals surface area contributed by atoms with Crippen LogP contribution in [0.15, 0.2) is 23.8 Å². The summed E-state index contributed by atoms with van der Waals surface area (Å²) in [5, 5.41) is 9.08. The average molecular weight is 194 g/mol. The number of allylic oxidation sites excluding steroid dienone is 3. The fraction of sp³-hybridized carbons (Fsp3) is 0.455. The van der Waals surface area contributed by atoms with E-state index in [9.17, 15) is 9.59 Å². The van der Waals surface area contributed by atoms with E-state index in [0.717, 1.165) is 0 Å². The van der Waals surface area contributed by atoms with Crippen LogP contribution >= 0.6 is 0 Å². The molecule has 0 saturated carbocycles. The zero-order valence-corrected chi connectivity index (χ0v) is 8.57. The molecule has 0 aromatic heterocycles. The summed E-state index contributed by atoms with van der Waals surface area (Å²) >= 11 is 0. The van der Waals surface area contributed by atoms with Gasteiger partial charge in [-0.15, -0.1) is 0 Å². The van der Waals surface area contributed by atoms with E-state index < -0.39 is 11.4 Å². The summed E-state index contributed by atoms with van der Waals surface area (Å²) in [6.45, 7) is 4.90. The molecule has 1 aliphatic carbocycles. The van der Waals surface area contributed by atoms with E-state index in [-0.39, 0.29) is 11.7 Å². The van der Waals surface area contributed by atoms with Crippen LogP contribution in [-0.2, 0) is 9.59 Å². The van der Waals surface area contributed by atoms with Gasteiger partial charge in [-0.25, -0.2) is 0 Å². The summed E-state index contributed by atoms with van der Waals surface area (Å²) in [6.07, 6.45) is 5.00. The Balaban J connectivity index is 3.14. The molecule has 0 aliphatic heterocycles. The molecule has 76 valence electrons. The van der Waals surface area contributed by atoms with Gasteiger partial charge in [0.25, 0.3) is 0 Å².